The van der Waals surface area contributed by atoms with Gasteiger partial charge in [0.05, 0.1) is 23.6 Å². The number of aliphatic hydroxyl groups excluding tert-OH is 2. The zero-order valence-corrected chi connectivity index (χ0v) is 16.2. The number of carbonyl (C=O) groups excluding carboxylic acids is 1. The maximum absolute atomic E-state index is 12.3. The van der Waals surface area contributed by atoms with E-state index in [-0.39, 0.29) is 29.2 Å². The van der Waals surface area contributed by atoms with Gasteiger partial charge in [0.1, 0.15) is 11.9 Å². The van der Waals surface area contributed by atoms with Crippen molar-refractivity contribution in [2.75, 3.05) is 12.9 Å². The maximum Gasteiger partial charge on any atom is 0.223 e. The van der Waals surface area contributed by atoms with Gasteiger partial charge in [-0.3, -0.25) is 4.79 Å². The van der Waals surface area contributed by atoms with Gasteiger partial charge in [0.15, 0.2) is 9.84 Å². The second kappa shape index (κ2) is 8.16. The molecule has 0 bridgehead atoms. The molecule has 3 rings (SSSR count). The normalized spacial score (nSPS) is 29.0. The predicted molar refractivity (Wildman–Crippen MR) is 99.1 cm³/mol. The lowest BCUT2D eigenvalue weighted by atomic mass is 10.1. The zero-order valence-electron chi connectivity index (χ0n) is 15.4. The summed E-state index contributed by atoms with van der Waals surface area (Å²) in [5, 5.41) is 23.4. The van der Waals surface area contributed by atoms with Crippen molar-refractivity contribution in [3.63, 3.8) is 0 Å². The molecule has 8 heteroatoms. The number of ether oxygens (including phenoxy) is 1. The van der Waals surface area contributed by atoms with Crippen LogP contribution in [0.2, 0.25) is 0 Å². The van der Waals surface area contributed by atoms with Crippen molar-refractivity contribution < 1.29 is 28.2 Å². The van der Waals surface area contributed by atoms with Gasteiger partial charge in [0.25, 0.3) is 0 Å². The van der Waals surface area contributed by atoms with E-state index in [4.69, 9.17) is 4.74 Å². The maximum atomic E-state index is 12.3. The quantitative estimate of drug-likeness (QED) is 0.657. The fourth-order valence-electron chi connectivity index (χ4n) is 3.91. The highest BCUT2D eigenvalue weighted by molar-refractivity contribution is 7.90. The lowest BCUT2D eigenvalue weighted by Gasteiger charge is -2.20. The van der Waals surface area contributed by atoms with Crippen molar-refractivity contribution in [3.8, 4) is 5.75 Å². The minimum absolute atomic E-state index is 0.0120. The van der Waals surface area contributed by atoms with Gasteiger partial charge in [0.2, 0.25) is 5.91 Å². The Hall–Kier alpha value is -1.64. The van der Waals surface area contributed by atoms with Gasteiger partial charge in [0, 0.05) is 18.1 Å². The van der Waals surface area contributed by atoms with E-state index >= 15 is 0 Å². The Kier molecular flexibility index (Phi) is 6.08. The number of amides is 1. The Labute approximate surface area is 159 Å². The van der Waals surface area contributed by atoms with Crippen LogP contribution in [0, 0.1) is 11.8 Å². The van der Waals surface area contributed by atoms with E-state index in [1.54, 1.807) is 12.1 Å². The number of benzene rings is 1. The molecule has 0 aliphatic heterocycles. The molecule has 2 aliphatic carbocycles. The highest BCUT2D eigenvalue weighted by Gasteiger charge is 2.43. The lowest BCUT2D eigenvalue weighted by Crippen LogP contribution is -2.45. The van der Waals surface area contributed by atoms with Crippen LogP contribution in [0.4, 0.5) is 0 Å². The van der Waals surface area contributed by atoms with Gasteiger partial charge in [-0.05, 0) is 43.5 Å². The smallest absolute Gasteiger partial charge is 0.223 e. The first-order chi connectivity index (χ1) is 12.8. The Bertz CT molecular complexity index is 757. The van der Waals surface area contributed by atoms with E-state index in [0.29, 0.717) is 12.2 Å². The molecule has 0 radical (unpaired) electrons. The second-order valence-electron chi connectivity index (χ2n) is 7.63. The van der Waals surface area contributed by atoms with Crippen molar-refractivity contribution >= 4 is 15.7 Å². The minimum Gasteiger partial charge on any atom is -0.493 e. The molecule has 0 aromatic heterocycles. The molecule has 2 fully saturated rings. The molecule has 7 nitrogen and oxygen atoms in total. The molecular formula is C19H27NO6S. The molecule has 1 aromatic carbocycles. The van der Waals surface area contributed by atoms with Crippen molar-refractivity contribution in [1.82, 2.24) is 5.32 Å². The van der Waals surface area contributed by atoms with Gasteiger partial charge < -0.3 is 20.3 Å². The summed E-state index contributed by atoms with van der Waals surface area (Å²) in [6.45, 7) is 0.173. The third-order valence-electron chi connectivity index (χ3n) is 5.57. The number of hydrogen-bond acceptors (Lipinski definition) is 6. The summed E-state index contributed by atoms with van der Waals surface area (Å²) in [6, 6.07) is 5.58. The molecular weight excluding hydrogens is 370 g/mol. The first kappa shape index (κ1) is 20.1. The number of nitrogens with one attached hydrogen (secondary N) is 1. The molecule has 2 aliphatic rings. The summed E-state index contributed by atoms with van der Waals surface area (Å²) in [4.78, 5) is 12.5. The SMILES string of the molecule is CS(=O)(=O)c1ccc(OC[C@H]2C[C@@H](NC(=O)C3CCCC3)[C@H](O)[C@@H]2O)cc1. The van der Waals surface area contributed by atoms with E-state index in [0.717, 1.165) is 31.9 Å². The Morgan fingerprint density at radius 2 is 1.78 bits per heavy atom. The summed E-state index contributed by atoms with van der Waals surface area (Å²) >= 11 is 0. The standard InChI is InChI=1S/C19H27NO6S/c1-27(24,25)15-8-6-14(7-9-15)26-11-13-10-16(18(22)17(13)21)20-19(23)12-4-2-3-5-12/h6-9,12-13,16-18,21-22H,2-5,10-11H2,1H3,(H,20,23)/t13-,16-,17-,18+/m1/s1. The lowest BCUT2D eigenvalue weighted by molar-refractivity contribution is -0.126. The van der Waals surface area contributed by atoms with Gasteiger partial charge in [-0.2, -0.15) is 0 Å². The van der Waals surface area contributed by atoms with Gasteiger partial charge in [-0.25, -0.2) is 8.42 Å². The highest BCUT2D eigenvalue weighted by atomic mass is 32.2. The number of hydrogen-bond donors (Lipinski definition) is 3. The van der Waals surface area contributed by atoms with Crippen LogP contribution in [0.15, 0.2) is 29.2 Å². The van der Waals surface area contributed by atoms with Crippen molar-refractivity contribution in [3.05, 3.63) is 24.3 Å². The molecule has 0 saturated heterocycles. The van der Waals surface area contributed by atoms with E-state index in [1.165, 1.54) is 12.1 Å². The molecule has 3 N–H and O–H groups in total. The number of carbonyl (C=O) groups is 1. The molecule has 150 valence electrons. The van der Waals surface area contributed by atoms with Crippen molar-refractivity contribution in [1.29, 1.82) is 0 Å². The van der Waals surface area contributed by atoms with Crippen LogP contribution in [0.3, 0.4) is 0 Å². The second-order valence-corrected chi connectivity index (χ2v) is 9.64. The number of aliphatic hydroxyl groups is 2. The van der Waals surface area contributed by atoms with Crippen LogP contribution in [0.5, 0.6) is 5.75 Å². The molecule has 2 saturated carbocycles. The fourth-order valence-corrected chi connectivity index (χ4v) is 4.54. The van der Waals surface area contributed by atoms with Crippen LogP contribution in [0.25, 0.3) is 0 Å². The van der Waals surface area contributed by atoms with E-state index in [1.807, 2.05) is 0 Å². The summed E-state index contributed by atoms with van der Waals surface area (Å²) < 4.78 is 28.6. The Morgan fingerprint density at radius 3 is 2.37 bits per heavy atom. The fraction of sp³-hybridized carbons (Fsp3) is 0.632. The van der Waals surface area contributed by atoms with Gasteiger partial charge in [-0.1, -0.05) is 12.8 Å². The van der Waals surface area contributed by atoms with Crippen molar-refractivity contribution in [2.24, 2.45) is 11.8 Å². The van der Waals surface area contributed by atoms with Crippen LogP contribution < -0.4 is 10.1 Å². The highest BCUT2D eigenvalue weighted by Crippen LogP contribution is 2.30. The summed E-state index contributed by atoms with van der Waals surface area (Å²) in [5.74, 6) is 0.144. The predicted octanol–water partition coefficient (Wildman–Crippen LogP) is 0.886. The Morgan fingerprint density at radius 1 is 1.15 bits per heavy atom. The topological polar surface area (TPSA) is 113 Å². The largest absolute Gasteiger partial charge is 0.493 e. The first-order valence-electron chi connectivity index (χ1n) is 9.35. The summed E-state index contributed by atoms with van der Waals surface area (Å²) in [5.41, 5.74) is 0. The average Bonchev–Trinajstić information content (AvgIpc) is 3.25. The summed E-state index contributed by atoms with van der Waals surface area (Å²) in [7, 11) is -3.26. The average molecular weight is 397 g/mol. The zero-order chi connectivity index (χ0) is 19.6. The third kappa shape index (κ3) is 4.80. The first-order valence-corrected chi connectivity index (χ1v) is 11.2. The summed E-state index contributed by atoms with van der Waals surface area (Å²) in [6.07, 6.45) is 3.46. The number of sulfone groups is 1. The molecule has 1 amide bonds. The molecule has 0 heterocycles. The van der Waals surface area contributed by atoms with Crippen molar-refractivity contribution in [2.45, 2.75) is 55.2 Å². The molecule has 0 unspecified atom stereocenters. The van der Waals surface area contributed by atoms with Crippen LogP contribution >= 0.6 is 0 Å². The van der Waals surface area contributed by atoms with E-state index in [2.05, 4.69) is 5.32 Å². The Balaban J connectivity index is 1.53. The van der Waals surface area contributed by atoms with Crippen LogP contribution in [-0.2, 0) is 14.6 Å². The van der Waals surface area contributed by atoms with Crippen LogP contribution in [-0.4, -0.2) is 55.7 Å². The molecule has 27 heavy (non-hydrogen) atoms. The minimum atomic E-state index is -3.26. The van der Waals surface area contributed by atoms with Gasteiger partial charge >= 0.3 is 0 Å². The molecule has 1 aromatic rings. The number of rotatable bonds is 6. The monoisotopic (exact) mass is 397 g/mol. The molecule has 0 spiro atoms. The molecule has 4 atom stereocenters. The van der Waals surface area contributed by atoms with Gasteiger partial charge in [-0.15, -0.1) is 0 Å². The van der Waals surface area contributed by atoms with E-state index in [9.17, 15) is 23.4 Å². The van der Waals surface area contributed by atoms with Crippen LogP contribution in [0.1, 0.15) is 32.1 Å². The third-order valence-corrected chi connectivity index (χ3v) is 6.70. The van der Waals surface area contributed by atoms with E-state index < -0.39 is 28.1 Å².